The number of nitrogens with zero attached hydrogens (tertiary/aromatic N) is 1. The Hall–Kier alpha value is -0.480. The summed E-state index contributed by atoms with van der Waals surface area (Å²) >= 11 is 5.46. The minimum absolute atomic E-state index is 0.642. The quantitative estimate of drug-likeness (QED) is 0.784. The summed E-state index contributed by atoms with van der Waals surface area (Å²) < 4.78 is 1.13. The standard InChI is InChI=1S/C16H23BrN2S/c1-5-12(6-2)14-9-18-16(20-14)19-15-10(3)7-13(17)8-11(15)4/h7-8,12,14H,5-6,9H2,1-4H3,(H,18,19). The molecule has 0 aliphatic carbocycles. The Morgan fingerprint density at radius 1 is 1.30 bits per heavy atom. The summed E-state index contributed by atoms with van der Waals surface area (Å²) in [5.74, 6) is 0.773. The Balaban J connectivity index is 2.06. The Morgan fingerprint density at radius 3 is 2.45 bits per heavy atom. The van der Waals surface area contributed by atoms with E-state index in [0.29, 0.717) is 5.25 Å². The summed E-state index contributed by atoms with van der Waals surface area (Å²) in [5, 5.41) is 5.25. The van der Waals surface area contributed by atoms with Crippen LogP contribution >= 0.6 is 27.7 Å². The number of aliphatic imine (C=N–C) groups is 1. The largest absolute Gasteiger partial charge is 0.335 e. The van der Waals surface area contributed by atoms with Crippen LogP contribution in [0.15, 0.2) is 21.6 Å². The van der Waals surface area contributed by atoms with Gasteiger partial charge in [-0.15, -0.1) is 0 Å². The van der Waals surface area contributed by atoms with Crippen molar-refractivity contribution in [3.63, 3.8) is 0 Å². The fourth-order valence-electron chi connectivity index (χ4n) is 2.73. The first-order chi connectivity index (χ1) is 9.55. The number of nitrogens with one attached hydrogen (secondary N) is 1. The van der Waals surface area contributed by atoms with Crippen LogP contribution in [0.5, 0.6) is 0 Å². The van der Waals surface area contributed by atoms with E-state index in [-0.39, 0.29) is 0 Å². The summed E-state index contributed by atoms with van der Waals surface area (Å²) in [7, 11) is 0. The van der Waals surface area contributed by atoms with E-state index < -0.39 is 0 Å². The lowest BCUT2D eigenvalue weighted by Gasteiger charge is -2.19. The van der Waals surface area contributed by atoms with E-state index in [0.717, 1.165) is 22.1 Å². The molecule has 1 aromatic carbocycles. The van der Waals surface area contributed by atoms with Crippen LogP contribution in [0.25, 0.3) is 0 Å². The summed E-state index contributed by atoms with van der Waals surface area (Å²) in [6.07, 6.45) is 2.49. The molecule has 20 heavy (non-hydrogen) atoms. The molecule has 1 aliphatic heterocycles. The van der Waals surface area contributed by atoms with Gasteiger partial charge in [-0.1, -0.05) is 54.4 Å². The summed E-state index contributed by atoms with van der Waals surface area (Å²) in [6, 6.07) is 4.29. The average Bonchev–Trinajstić information content (AvgIpc) is 2.84. The number of aryl methyl sites for hydroxylation is 2. The van der Waals surface area contributed by atoms with E-state index in [2.05, 4.69) is 61.1 Å². The molecule has 1 N–H and O–H groups in total. The summed E-state index contributed by atoms with van der Waals surface area (Å²) in [6.45, 7) is 9.79. The maximum absolute atomic E-state index is 4.69. The van der Waals surface area contributed by atoms with Crippen LogP contribution in [0.3, 0.4) is 0 Å². The number of hydrogen-bond donors (Lipinski definition) is 1. The minimum atomic E-state index is 0.642. The van der Waals surface area contributed by atoms with Gasteiger partial charge < -0.3 is 5.32 Å². The normalized spacial score (nSPS) is 18.5. The molecular formula is C16H23BrN2S. The number of hydrogen-bond acceptors (Lipinski definition) is 3. The minimum Gasteiger partial charge on any atom is -0.335 e. The van der Waals surface area contributed by atoms with Crippen LogP contribution in [0.2, 0.25) is 0 Å². The highest BCUT2D eigenvalue weighted by molar-refractivity contribution is 9.10. The second-order valence-electron chi connectivity index (χ2n) is 5.42. The second-order valence-corrected chi connectivity index (χ2v) is 7.56. The highest BCUT2D eigenvalue weighted by Gasteiger charge is 2.26. The number of anilines is 1. The molecule has 0 aromatic heterocycles. The lowest BCUT2D eigenvalue weighted by molar-refractivity contribution is 0.479. The molecule has 1 unspecified atom stereocenters. The lowest BCUT2D eigenvalue weighted by atomic mass is 9.99. The van der Waals surface area contributed by atoms with Gasteiger partial charge in [0, 0.05) is 15.4 Å². The Kier molecular flexibility index (Phi) is 5.56. The second kappa shape index (κ2) is 6.99. The van der Waals surface area contributed by atoms with Gasteiger partial charge in [0.25, 0.3) is 0 Å². The van der Waals surface area contributed by atoms with Gasteiger partial charge in [-0.25, -0.2) is 0 Å². The monoisotopic (exact) mass is 354 g/mol. The maximum atomic E-state index is 4.69. The average molecular weight is 355 g/mol. The molecule has 1 aromatic rings. The van der Waals surface area contributed by atoms with Gasteiger partial charge in [-0.05, 0) is 43.0 Å². The zero-order chi connectivity index (χ0) is 14.7. The zero-order valence-electron chi connectivity index (χ0n) is 12.7. The molecule has 0 spiro atoms. The van der Waals surface area contributed by atoms with E-state index in [4.69, 9.17) is 4.99 Å². The third-order valence-electron chi connectivity index (χ3n) is 3.98. The van der Waals surface area contributed by atoms with E-state index in [1.165, 1.54) is 29.7 Å². The number of halogens is 1. The molecule has 0 amide bonds. The van der Waals surface area contributed by atoms with Crippen molar-refractivity contribution >= 4 is 38.5 Å². The van der Waals surface area contributed by atoms with Gasteiger partial charge in [-0.2, -0.15) is 0 Å². The van der Waals surface area contributed by atoms with Gasteiger partial charge in [-0.3, -0.25) is 4.99 Å². The van der Waals surface area contributed by atoms with Crippen molar-refractivity contribution in [3.8, 4) is 0 Å². The van der Waals surface area contributed by atoms with Crippen LogP contribution in [0.1, 0.15) is 37.8 Å². The topological polar surface area (TPSA) is 24.4 Å². The van der Waals surface area contributed by atoms with E-state index >= 15 is 0 Å². The molecule has 1 heterocycles. The Morgan fingerprint density at radius 2 is 1.90 bits per heavy atom. The third kappa shape index (κ3) is 3.59. The molecule has 2 nitrogen and oxygen atoms in total. The van der Waals surface area contributed by atoms with E-state index in [1.54, 1.807) is 0 Å². The third-order valence-corrected chi connectivity index (χ3v) is 5.73. The van der Waals surface area contributed by atoms with Crippen LogP contribution in [0.4, 0.5) is 5.69 Å². The fourth-order valence-corrected chi connectivity index (χ4v) is 4.74. The van der Waals surface area contributed by atoms with Crippen molar-refractivity contribution in [2.24, 2.45) is 10.9 Å². The van der Waals surface area contributed by atoms with E-state index in [9.17, 15) is 0 Å². The first kappa shape index (κ1) is 15.9. The van der Waals surface area contributed by atoms with Crippen LogP contribution in [-0.4, -0.2) is 17.0 Å². The van der Waals surface area contributed by atoms with Crippen molar-refractivity contribution in [2.45, 2.75) is 45.8 Å². The number of thioether (sulfide) groups is 1. The molecule has 0 radical (unpaired) electrons. The van der Waals surface area contributed by atoms with Crippen LogP contribution in [-0.2, 0) is 0 Å². The molecule has 0 fully saturated rings. The van der Waals surface area contributed by atoms with Gasteiger partial charge in [0.1, 0.15) is 0 Å². The summed E-state index contributed by atoms with van der Waals surface area (Å²) in [5.41, 5.74) is 3.71. The first-order valence-corrected chi connectivity index (χ1v) is 8.97. The van der Waals surface area contributed by atoms with Gasteiger partial charge >= 0.3 is 0 Å². The van der Waals surface area contributed by atoms with Crippen LogP contribution < -0.4 is 5.32 Å². The maximum Gasteiger partial charge on any atom is 0.161 e. The SMILES string of the molecule is CCC(CC)C1CN=C(Nc2c(C)cc(Br)cc2C)S1. The molecule has 0 saturated carbocycles. The number of benzene rings is 1. The predicted octanol–water partition coefficient (Wildman–Crippen LogP) is 5.39. The van der Waals surface area contributed by atoms with Crippen LogP contribution in [0, 0.1) is 19.8 Å². The number of rotatable bonds is 4. The summed E-state index contributed by atoms with van der Waals surface area (Å²) in [4.78, 5) is 4.69. The highest BCUT2D eigenvalue weighted by atomic mass is 79.9. The molecule has 1 aliphatic rings. The molecule has 1 atom stereocenters. The van der Waals surface area contributed by atoms with Gasteiger partial charge in [0.2, 0.25) is 0 Å². The van der Waals surface area contributed by atoms with Gasteiger partial charge in [0.15, 0.2) is 5.17 Å². The van der Waals surface area contributed by atoms with Crippen molar-refractivity contribution in [2.75, 3.05) is 11.9 Å². The molecule has 0 bridgehead atoms. The van der Waals surface area contributed by atoms with Crippen molar-refractivity contribution in [3.05, 3.63) is 27.7 Å². The van der Waals surface area contributed by atoms with E-state index in [1.807, 2.05) is 11.8 Å². The highest BCUT2D eigenvalue weighted by Crippen LogP contribution is 2.33. The molecule has 2 rings (SSSR count). The fraction of sp³-hybridized carbons (Fsp3) is 0.562. The van der Waals surface area contributed by atoms with Crippen molar-refractivity contribution in [1.82, 2.24) is 0 Å². The Labute approximate surface area is 135 Å². The van der Waals surface area contributed by atoms with Crippen molar-refractivity contribution in [1.29, 1.82) is 0 Å². The molecule has 110 valence electrons. The predicted molar refractivity (Wildman–Crippen MR) is 95.0 cm³/mol. The first-order valence-electron chi connectivity index (χ1n) is 7.30. The van der Waals surface area contributed by atoms with Gasteiger partial charge in [0.05, 0.1) is 6.54 Å². The molecular weight excluding hydrogens is 332 g/mol. The molecule has 4 heteroatoms. The Bertz CT molecular complexity index is 486. The number of amidine groups is 1. The van der Waals surface area contributed by atoms with Crippen molar-refractivity contribution < 1.29 is 0 Å². The zero-order valence-corrected chi connectivity index (χ0v) is 15.1. The molecule has 0 saturated heterocycles. The smallest absolute Gasteiger partial charge is 0.161 e. The lowest BCUT2D eigenvalue weighted by Crippen LogP contribution is -2.17.